The molecule has 21 heavy (non-hydrogen) atoms. The second-order valence-electron chi connectivity index (χ2n) is 5.17. The van der Waals surface area contributed by atoms with E-state index in [1.807, 2.05) is 12.3 Å². The van der Waals surface area contributed by atoms with Crippen molar-refractivity contribution in [2.75, 3.05) is 23.7 Å². The van der Waals surface area contributed by atoms with Crippen LogP contribution in [-0.4, -0.2) is 34.4 Å². The van der Waals surface area contributed by atoms with E-state index < -0.39 is 0 Å². The molecule has 0 saturated carbocycles. The van der Waals surface area contributed by atoms with E-state index in [2.05, 4.69) is 19.6 Å². The fourth-order valence-corrected chi connectivity index (χ4v) is 4.29. The van der Waals surface area contributed by atoms with Crippen LogP contribution in [0.15, 0.2) is 5.38 Å². The Hall–Kier alpha value is -1.67. The number of amides is 1. The Balaban J connectivity index is 1.86. The van der Waals surface area contributed by atoms with E-state index in [4.69, 9.17) is 5.73 Å². The maximum Gasteiger partial charge on any atom is 0.217 e. The van der Waals surface area contributed by atoms with Gasteiger partial charge in [0, 0.05) is 37.1 Å². The maximum absolute atomic E-state index is 11.2. The number of nitrogens with one attached hydrogen (secondary N) is 1. The van der Waals surface area contributed by atoms with Gasteiger partial charge in [0.2, 0.25) is 5.91 Å². The Morgan fingerprint density at radius 2 is 2.38 bits per heavy atom. The molecule has 2 aromatic heterocycles. The molecule has 0 spiro atoms. The van der Waals surface area contributed by atoms with E-state index in [-0.39, 0.29) is 11.9 Å². The van der Waals surface area contributed by atoms with Gasteiger partial charge >= 0.3 is 0 Å². The van der Waals surface area contributed by atoms with Crippen LogP contribution in [0.3, 0.4) is 0 Å². The summed E-state index contributed by atoms with van der Waals surface area (Å²) in [6.07, 6.45) is 0.938. The summed E-state index contributed by atoms with van der Waals surface area (Å²) in [5, 5.41) is 6.95. The van der Waals surface area contributed by atoms with Gasteiger partial charge in [0.1, 0.15) is 15.8 Å². The highest BCUT2D eigenvalue weighted by atomic mass is 32.1. The zero-order chi connectivity index (χ0) is 15.0. The number of rotatable bonds is 3. The minimum Gasteiger partial charge on any atom is -0.382 e. The normalized spacial score (nSPS) is 18.2. The topological polar surface area (TPSA) is 84.1 Å². The minimum absolute atomic E-state index is 0.0152. The number of nitrogens with zero attached hydrogens (tertiary/aromatic N) is 3. The summed E-state index contributed by atoms with van der Waals surface area (Å²) in [4.78, 5) is 17.9. The molecule has 3 N–H and O–H groups in total. The number of nitrogen functional groups attached to an aromatic ring is 1. The Morgan fingerprint density at radius 3 is 3.05 bits per heavy atom. The fraction of sp³-hybridized carbons (Fsp3) is 0.462. The van der Waals surface area contributed by atoms with Gasteiger partial charge in [0.25, 0.3) is 0 Å². The van der Waals surface area contributed by atoms with Gasteiger partial charge in [-0.1, -0.05) is 0 Å². The number of carbonyl (C=O) groups excluding carboxylic acids is 1. The third-order valence-corrected chi connectivity index (χ3v) is 5.32. The van der Waals surface area contributed by atoms with E-state index in [0.717, 1.165) is 40.8 Å². The molecule has 3 heterocycles. The second kappa shape index (κ2) is 5.61. The molecular formula is C13H17N5OS2. The van der Waals surface area contributed by atoms with E-state index in [9.17, 15) is 4.79 Å². The van der Waals surface area contributed by atoms with Crippen LogP contribution < -0.4 is 16.0 Å². The fourth-order valence-electron chi connectivity index (χ4n) is 2.53. The molecule has 2 aromatic rings. The van der Waals surface area contributed by atoms with Crippen LogP contribution in [0.1, 0.15) is 19.0 Å². The maximum atomic E-state index is 11.2. The first kappa shape index (κ1) is 14.3. The highest BCUT2D eigenvalue weighted by molar-refractivity contribution is 7.15. The third kappa shape index (κ3) is 2.86. The number of nitrogens with two attached hydrogens (primary N) is 1. The van der Waals surface area contributed by atoms with Crippen LogP contribution >= 0.6 is 22.9 Å². The van der Waals surface area contributed by atoms with Crippen LogP contribution in [0, 0.1) is 6.92 Å². The largest absolute Gasteiger partial charge is 0.382 e. The van der Waals surface area contributed by atoms with Gasteiger partial charge in [-0.05, 0) is 24.9 Å². The van der Waals surface area contributed by atoms with Gasteiger partial charge in [-0.3, -0.25) is 4.79 Å². The van der Waals surface area contributed by atoms with Crippen molar-refractivity contribution >= 4 is 39.6 Å². The van der Waals surface area contributed by atoms with Gasteiger partial charge in [0.15, 0.2) is 0 Å². The summed E-state index contributed by atoms with van der Waals surface area (Å²) < 4.78 is 4.29. The Labute approximate surface area is 131 Å². The highest BCUT2D eigenvalue weighted by Crippen LogP contribution is 2.41. The summed E-state index contributed by atoms with van der Waals surface area (Å²) >= 11 is 2.99. The first-order chi connectivity index (χ1) is 10.0. The van der Waals surface area contributed by atoms with E-state index in [1.165, 1.54) is 11.5 Å². The number of aryl methyl sites for hydroxylation is 1. The lowest BCUT2D eigenvalue weighted by Gasteiger charge is -2.17. The molecule has 0 aromatic carbocycles. The average molecular weight is 323 g/mol. The van der Waals surface area contributed by atoms with E-state index >= 15 is 0 Å². The Morgan fingerprint density at radius 1 is 1.57 bits per heavy atom. The van der Waals surface area contributed by atoms with Crippen molar-refractivity contribution in [3.63, 3.8) is 0 Å². The highest BCUT2D eigenvalue weighted by Gasteiger charge is 2.28. The van der Waals surface area contributed by atoms with Crippen LogP contribution in [0.2, 0.25) is 0 Å². The molecule has 112 valence electrons. The van der Waals surface area contributed by atoms with Gasteiger partial charge < -0.3 is 16.0 Å². The molecule has 1 saturated heterocycles. The van der Waals surface area contributed by atoms with Gasteiger partial charge in [-0.2, -0.15) is 4.37 Å². The predicted molar refractivity (Wildman–Crippen MR) is 86.8 cm³/mol. The van der Waals surface area contributed by atoms with Crippen LogP contribution in [0.4, 0.5) is 10.8 Å². The number of hydrogen-bond donors (Lipinski definition) is 2. The summed E-state index contributed by atoms with van der Waals surface area (Å²) in [7, 11) is 0. The van der Waals surface area contributed by atoms with Crippen LogP contribution in [0.25, 0.3) is 10.6 Å². The van der Waals surface area contributed by atoms with Crippen molar-refractivity contribution in [3.05, 3.63) is 11.1 Å². The first-order valence-corrected chi connectivity index (χ1v) is 8.39. The number of aromatic nitrogens is 2. The smallest absolute Gasteiger partial charge is 0.217 e. The summed E-state index contributed by atoms with van der Waals surface area (Å²) in [5.41, 5.74) is 7.96. The zero-order valence-electron chi connectivity index (χ0n) is 11.9. The quantitative estimate of drug-likeness (QED) is 0.901. The van der Waals surface area contributed by atoms with E-state index in [1.54, 1.807) is 18.3 Å². The molecule has 1 atom stereocenters. The van der Waals surface area contributed by atoms with Crippen molar-refractivity contribution in [1.29, 1.82) is 0 Å². The lowest BCUT2D eigenvalue weighted by atomic mass is 10.2. The van der Waals surface area contributed by atoms with Crippen molar-refractivity contribution < 1.29 is 4.79 Å². The molecule has 0 radical (unpaired) electrons. The minimum atomic E-state index is 0.0152. The standard InChI is InChI=1S/C13H17N5OS2/c1-7-6-20-12(15-7)10-11(14)17-21-13(10)18-4-3-9(5-18)16-8(2)19/h6,9H,3-5H2,1-2H3,(H2,14,17)(H,16,19). The number of anilines is 2. The summed E-state index contributed by atoms with van der Waals surface area (Å²) in [5.74, 6) is 0.550. The summed E-state index contributed by atoms with van der Waals surface area (Å²) in [6.45, 7) is 5.21. The predicted octanol–water partition coefficient (Wildman–Crippen LogP) is 1.87. The molecule has 6 nitrogen and oxygen atoms in total. The van der Waals surface area contributed by atoms with Crippen molar-refractivity contribution in [3.8, 4) is 10.6 Å². The van der Waals surface area contributed by atoms with Crippen molar-refractivity contribution in [1.82, 2.24) is 14.7 Å². The first-order valence-electron chi connectivity index (χ1n) is 6.74. The van der Waals surface area contributed by atoms with Crippen molar-refractivity contribution in [2.24, 2.45) is 0 Å². The van der Waals surface area contributed by atoms with Gasteiger partial charge in [-0.15, -0.1) is 11.3 Å². The molecular weight excluding hydrogens is 306 g/mol. The lowest BCUT2D eigenvalue weighted by molar-refractivity contribution is -0.119. The number of thiazole rings is 1. The second-order valence-corrected chi connectivity index (χ2v) is 6.78. The van der Waals surface area contributed by atoms with E-state index in [0.29, 0.717) is 5.82 Å². The monoisotopic (exact) mass is 323 g/mol. The van der Waals surface area contributed by atoms with Crippen molar-refractivity contribution in [2.45, 2.75) is 26.3 Å². The Bertz CT molecular complexity index is 665. The number of hydrogen-bond acceptors (Lipinski definition) is 7. The Kier molecular flexibility index (Phi) is 3.81. The SMILES string of the molecule is CC(=O)NC1CCN(c2snc(N)c2-c2nc(C)cs2)C1. The van der Waals surface area contributed by atoms with Crippen LogP contribution in [-0.2, 0) is 4.79 Å². The molecule has 8 heteroatoms. The molecule has 0 aliphatic carbocycles. The average Bonchev–Trinajstić information content (AvgIpc) is 3.09. The molecule has 1 aliphatic rings. The molecule has 1 fully saturated rings. The lowest BCUT2D eigenvalue weighted by Crippen LogP contribution is -2.35. The zero-order valence-corrected chi connectivity index (χ0v) is 13.6. The van der Waals surface area contributed by atoms with Gasteiger partial charge in [0.05, 0.1) is 5.56 Å². The molecule has 0 bridgehead atoms. The summed E-state index contributed by atoms with van der Waals surface area (Å²) in [6, 6.07) is 0.191. The van der Waals surface area contributed by atoms with Gasteiger partial charge in [-0.25, -0.2) is 4.98 Å². The molecule has 1 amide bonds. The molecule has 1 aliphatic heterocycles. The number of carbonyl (C=O) groups is 1. The molecule has 3 rings (SSSR count). The third-order valence-electron chi connectivity index (χ3n) is 3.42. The van der Waals surface area contributed by atoms with Crippen LogP contribution in [0.5, 0.6) is 0 Å². The molecule has 1 unspecified atom stereocenters.